The van der Waals surface area contributed by atoms with Crippen molar-refractivity contribution in [3.8, 4) is 0 Å². The largest absolute Gasteiger partial charge is 0.379 e. The van der Waals surface area contributed by atoms with Crippen LogP contribution in [0.25, 0.3) is 0 Å². The third-order valence-electron chi connectivity index (χ3n) is 4.53. The summed E-state index contributed by atoms with van der Waals surface area (Å²) in [6.45, 7) is 5.13. The molecule has 3 aliphatic heterocycles. The highest BCUT2D eigenvalue weighted by Crippen LogP contribution is 2.21. The minimum atomic E-state index is -0.578. The minimum Gasteiger partial charge on any atom is -0.379 e. The molecule has 0 saturated carbocycles. The first kappa shape index (κ1) is 16.8. The number of aliphatic imine (C=N–C) groups is 2. The van der Waals surface area contributed by atoms with Crippen LogP contribution >= 0.6 is 0 Å². The number of fused-ring (bicyclic) bond motifs is 1. The van der Waals surface area contributed by atoms with E-state index in [0.717, 1.165) is 44.2 Å². The van der Waals surface area contributed by atoms with Crippen LogP contribution in [-0.4, -0.2) is 91.7 Å². The molecule has 3 rings (SSSR count). The van der Waals surface area contributed by atoms with E-state index in [-0.39, 0.29) is 11.9 Å². The van der Waals surface area contributed by atoms with Gasteiger partial charge in [0.15, 0.2) is 0 Å². The molecule has 1 unspecified atom stereocenters. The number of allylic oxidation sites excluding steroid dienone is 1. The van der Waals surface area contributed by atoms with Gasteiger partial charge in [-0.3, -0.25) is 24.5 Å². The van der Waals surface area contributed by atoms with Gasteiger partial charge in [0.05, 0.1) is 18.9 Å². The molecule has 0 aromatic rings. The molecule has 2 saturated heterocycles. The standard InChI is InChI=1S/C16H23N5O3/c1-19-14-13(15(22)20(2)16(19)23)12(4-6-18-14)17-5-3-7-21-8-10-24-11-9-21/h4,6,13H,3,5,7-11H2,1-2H3. The number of hydrogen-bond donors (Lipinski definition) is 0. The van der Waals surface area contributed by atoms with Crippen molar-refractivity contribution >= 4 is 23.5 Å². The molecule has 3 aliphatic rings. The molecule has 3 heterocycles. The summed E-state index contributed by atoms with van der Waals surface area (Å²) in [4.78, 5) is 38.2. The van der Waals surface area contributed by atoms with Crippen molar-refractivity contribution in [2.75, 3.05) is 53.5 Å². The highest BCUT2D eigenvalue weighted by Gasteiger charge is 2.43. The maximum Gasteiger partial charge on any atom is 0.331 e. The number of ether oxygens (including phenoxy) is 1. The molecule has 0 bridgehead atoms. The fraction of sp³-hybridized carbons (Fsp3) is 0.625. The Morgan fingerprint density at radius 1 is 1.25 bits per heavy atom. The van der Waals surface area contributed by atoms with E-state index in [9.17, 15) is 9.59 Å². The molecule has 130 valence electrons. The zero-order chi connectivity index (χ0) is 17.1. The van der Waals surface area contributed by atoms with Gasteiger partial charge in [0.1, 0.15) is 11.8 Å². The second kappa shape index (κ2) is 7.23. The number of amidine groups is 1. The van der Waals surface area contributed by atoms with Crippen LogP contribution in [0.4, 0.5) is 4.79 Å². The van der Waals surface area contributed by atoms with Crippen LogP contribution < -0.4 is 0 Å². The van der Waals surface area contributed by atoms with Crippen LogP contribution in [0.5, 0.6) is 0 Å². The second-order valence-corrected chi connectivity index (χ2v) is 6.09. The Balaban J connectivity index is 1.63. The van der Waals surface area contributed by atoms with Crippen LogP contribution in [0, 0.1) is 5.92 Å². The summed E-state index contributed by atoms with van der Waals surface area (Å²) in [7, 11) is 3.12. The number of carbonyl (C=O) groups is 2. The minimum absolute atomic E-state index is 0.270. The number of carbonyl (C=O) groups excluding carboxylic acids is 2. The van der Waals surface area contributed by atoms with Gasteiger partial charge < -0.3 is 4.74 Å². The lowest BCUT2D eigenvalue weighted by atomic mass is 9.95. The molecule has 1 atom stereocenters. The highest BCUT2D eigenvalue weighted by molar-refractivity contribution is 6.31. The molecule has 0 radical (unpaired) electrons. The Labute approximate surface area is 141 Å². The predicted molar refractivity (Wildman–Crippen MR) is 90.2 cm³/mol. The summed E-state index contributed by atoms with van der Waals surface area (Å²) >= 11 is 0. The fourth-order valence-corrected chi connectivity index (χ4v) is 3.09. The monoisotopic (exact) mass is 333 g/mol. The molecule has 0 aromatic heterocycles. The van der Waals surface area contributed by atoms with Crippen molar-refractivity contribution in [3.63, 3.8) is 0 Å². The maximum absolute atomic E-state index is 12.5. The van der Waals surface area contributed by atoms with Crippen molar-refractivity contribution in [3.05, 3.63) is 12.3 Å². The fourth-order valence-electron chi connectivity index (χ4n) is 3.09. The molecule has 8 heteroatoms. The Kier molecular flexibility index (Phi) is 5.06. The van der Waals surface area contributed by atoms with E-state index < -0.39 is 5.92 Å². The zero-order valence-electron chi connectivity index (χ0n) is 14.1. The van der Waals surface area contributed by atoms with Gasteiger partial charge in [0, 0.05) is 46.5 Å². The van der Waals surface area contributed by atoms with Crippen LogP contribution in [-0.2, 0) is 9.53 Å². The zero-order valence-corrected chi connectivity index (χ0v) is 14.1. The molecule has 2 fully saturated rings. The van der Waals surface area contributed by atoms with Gasteiger partial charge in [0.25, 0.3) is 0 Å². The van der Waals surface area contributed by atoms with Crippen LogP contribution in [0.1, 0.15) is 6.42 Å². The molecular formula is C16H23N5O3. The summed E-state index contributed by atoms with van der Waals surface area (Å²) in [6, 6.07) is -0.364. The molecule has 0 N–H and O–H groups in total. The smallest absolute Gasteiger partial charge is 0.331 e. The van der Waals surface area contributed by atoms with Crippen LogP contribution in [0.15, 0.2) is 22.3 Å². The van der Waals surface area contributed by atoms with Crippen molar-refractivity contribution in [2.45, 2.75) is 6.42 Å². The first-order chi connectivity index (χ1) is 11.6. The summed E-state index contributed by atoms with van der Waals surface area (Å²) < 4.78 is 5.34. The van der Waals surface area contributed by atoms with Gasteiger partial charge in [-0.1, -0.05) is 0 Å². The molecule has 0 aliphatic carbocycles. The number of morpholine rings is 1. The van der Waals surface area contributed by atoms with Crippen molar-refractivity contribution in [2.24, 2.45) is 15.9 Å². The lowest BCUT2D eigenvalue weighted by molar-refractivity contribution is -0.128. The van der Waals surface area contributed by atoms with E-state index in [0.29, 0.717) is 18.1 Å². The number of hydrogen-bond acceptors (Lipinski definition) is 6. The number of imide groups is 1. The summed E-state index contributed by atoms with van der Waals surface area (Å²) in [5.74, 6) is -0.392. The summed E-state index contributed by atoms with van der Waals surface area (Å²) in [6.07, 6.45) is 4.29. The first-order valence-electron chi connectivity index (χ1n) is 8.23. The quantitative estimate of drug-likeness (QED) is 0.689. The van der Waals surface area contributed by atoms with Gasteiger partial charge in [-0.25, -0.2) is 9.79 Å². The number of nitrogens with zero attached hydrogens (tertiary/aromatic N) is 5. The Morgan fingerprint density at radius 2 is 2.00 bits per heavy atom. The molecule has 3 amide bonds. The SMILES string of the molecule is CN1C(=O)C2C(=NCCCN3CCOCC3)C=CN=C2N(C)C1=O. The Morgan fingerprint density at radius 3 is 2.75 bits per heavy atom. The number of rotatable bonds is 4. The Hall–Kier alpha value is -2.06. The third kappa shape index (κ3) is 3.25. The number of urea groups is 1. The maximum atomic E-state index is 12.5. The first-order valence-corrected chi connectivity index (χ1v) is 8.23. The topological polar surface area (TPSA) is 77.8 Å². The molecule has 8 nitrogen and oxygen atoms in total. The van der Waals surface area contributed by atoms with E-state index in [2.05, 4.69) is 14.9 Å². The van der Waals surface area contributed by atoms with Gasteiger partial charge in [0.2, 0.25) is 5.91 Å². The average Bonchev–Trinajstić information content (AvgIpc) is 2.62. The predicted octanol–water partition coefficient (Wildman–Crippen LogP) is 0.216. The van der Waals surface area contributed by atoms with Crippen LogP contribution in [0.3, 0.4) is 0 Å². The van der Waals surface area contributed by atoms with E-state index >= 15 is 0 Å². The molecule has 0 aromatic carbocycles. The van der Waals surface area contributed by atoms with E-state index in [4.69, 9.17) is 4.74 Å². The number of amides is 3. The Bertz CT molecular complexity index is 607. The van der Waals surface area contributed by atoms with Gasteiger partial charge in [-0.05, 0) is 12.5 Å². The lowest BCUT2D eigenvalue weighted by Gasteiger charge is -2.36. The normalized spacial score (nSPS) is 26.8. The third-order valence-corrected chi connectivity index (χ3v) is 4.53. The van der Waals surface area contributed by atoms with E-state index in [1.807, 2.05) is 0 Å². The molecule has 0 spiro atoms. The van der Waals surface area contributed by atoms with Crippen molar-refractivity contribution in [1.82, 2.24) is 14.7 Å². The highest BCUT2D eigenvalue weighted by atomic mass is 16.5. The van der Waals surface area contributed by atoms with E-state index in [1.54, 1.807) is 19.3 Å². The van der Waals surface area contributed by atoms with Crippen molar-refractivity contribution in [1.29, 1.82) is 0 Å². The van der Waals surface area contributed by atoms with Gasteiger partial charge in [-0.2, -0.15) is 0 Å². The summed E-state index contributed by atoms with van der Waals surface area (Å²) in [5.41, 5.74) is 0.679. The summed E-state index contributed by atoms with van der Waals surface area (Å²) in [5, 5.41) is 0. The average molecular weight is 333 g/mol. The van der Waals surface area contributed by atoms with Gasteiger partial charge >= 0.3 is 6.03 Å². The van der Waals surface area contributed by atoms with E-state index in [1.165, 1.54) is 11.9 Å². The van der Waals surface area contributed by atoms with Gasteiger partial charge in [-0.15, -0.1) is 0 Å². The lowest BCUT2D eigenvalue weighted by Crippen LogP contribution is -2.59. The van der Waals surface area contributed by atoms with Crippen LogP contribution in [0.2, 0.25) is 0 Å². The molecular weight excluding hydrogens is 310 g/mol. The second-order valence-electron chi connectivity index (χ2n) is 6.09. The molecule has 24 heavy (non-hydrogen) atoms. The van der Waals surface area contributed by atoms with Crippen molar-refractivity contribution < 1.29 is 14.3 Å².